The predicted molar refractivity (Wildman–Crippen MR) is 86.4 cm³/mol. The first-order valence-electron chi connectivity index (χ1n) is 6.73. The van der Waals surface area contributed by atoms with E-state index in [1.807, 2.05) is 35.7 Å². The standard InChI is InChI=1S/C14H19N3O2S2/c1-11(2)17-21(18,19)15-9-8-13-10-20-14(16-13)12-6-4-3-5-7-12/h3-7,10-11,15,17H,8-9H2,1-2H3. The molecule has 0 unspecified atom stereocenters. The fraction of sp³-hybridized carbons (Fsp3) is 0.357. The Balaban J connectivity index is 1.89. The molecule has 2 N–H and O–H groups in total. The van der Waals surface area contributed by atoms with Gasteiger partial charge in [0.05, 0.1) is 5.69 Å². The molecule has 0 saturated carbocycles. The molecule has 1 aromatic heterocycles. The van der Waals surface area contributed by atoms with Crippen molar-refractivity contribution < 1.29 is 8.42 Å². The van der Waals surface area contributed by atoms with Gasteiger partial charge in [0.2, 0.25) is 0 Å². The number of thiazole rings is 1. The van der Waals surface area contributed by atoms with Gasteiger partial charge in [-0.05, 0) is 13.8 Å². The van der Waals surface area contributed by atoms with Gasteiger partial charge in [-0.1, -0.05) is 30.3 Å². The minimum Gasteiger partial charge on any atom is -0.241 e. The van der Waals surface area contributed by atoms with E-state index in [4.69, 9.17) is 0 Å². The summed E-state index contributed by atoms with van der Waals surface area (Å²) in [5.41, 5.74) is 1.97. The van der Waals surface area contributed by atoms with E-state index >= 15 is 0 Å². The van der Waals surface area contributed by atoms with Gasteiger partial charge in [0.25, 0.3) is 10.2 Å². The number of hydrogen-bond acceptors (Lipinski definition) is 4. The lowest BCUT2D eigenvalue weighted by Crippen LogP contribution is -2.41. The summed E-state index contributed by atoms with van der Waals surface area (Å²) in [5.74, 6) is 0. The van der Waals surface area contributed by atoms with E-state index < -0.39 is 10.2 Å². The number of benzene rings is 1. The highest BCUT2D eigenvalue weighted by atomic mass is 32.2. The van der Waals surface area contributed by atoms with Crippen molar-refractivity contribution in [2.24, 2.45) is 0 Å². The molecule has 0 radical (unpaired) electrons. The molecule has 21 heavy (non-hydrogen) atoms. The lowest BCUT2D eigenvalue weighted by Gasteiger charge is -2.09. The predicted octanol–water partition coefficient (Wildman–Crippen LogP) is 2.19. The Kier molecular flexibility index (Phi) is 5.46. The Morgan fingerprint density at radius 2 is 1.95 bits per heavy atom. The Hall–Kier alpha value is -1.28. The molecule has 2 rings (SSSR count). The maximum atomic E-state index is 11.6. The van der Waals surface area contributed by atoms with Gasteiger partial charge in [0, 0.05) is 30.0 Å². The van der Waals surface area contributed by atoms with E-state index in [2.05, 4.69) is 14.4 Å². The van der Waals surface area contributed by atoms with Crippen molar-refractivity contribution in [3.8, 4) is 10.6 Å². The summed E-state index contributed by atoms with van der Waals surface area (Å²) in [7, 11) is -3.42. The Morgan fingerprint density at radius 3 is 2.62 bits per heavy atom. The summed E-state index contributed by atoms with van der Waals surface area (Å²) in [4.78, 5) is 4.52. The highest BCUT2D eigenvalue weighted by Gasteiger charge is 2.11. The number of hydrogen-bond donors (Lipinski definition) is 2. The molecule has 0 aliphatic carbocycles. The molecule has 0 atom stereocenters. The molecule has 5 nitrogen and oxygen atoms in total. The molecule has 2 aromatic rings. The molecule has 0 fully saturated rings. The van der Waals surface area contributed by atoms with Crippen LogP contribution >= 0.6 is 11.3 Å². The second-order valence-electron chi connectivity index (χ2n) is 4.93. The van der Waals surface area contributed by atoms with Crippen LogP contribution in [0.5, 0.6) is 0 Å². The Bertz CT molecular complexity index is 667. The molecule has 0 bridgehead atoms. The van der Waals surface area contributed by atoms with Crippen LogP contribution in [0.1, 0.15) is 19.5 Å². The van der Waals surface area contributed by atoms with Crippen LogP contribution in [0.3, 0.4) is 0 Å². The quantitative estimate of drug-likeness (QED) is 0.820. The number of aromatic nitrogens is 1. The van der Waals surface area contributed by atoms with Crippen LogP contribution in [-0.4, -0.2) is 26.0 Å². The average Bonchev–Trinajstić information content (AvgIpc) is 2.87. The lowest BCUT2D eigenvalue weighted by molar-refractivity contribution is 0.555. The molecular weight excluding hydrogens is 306 g/mol. The molecular formula is C14H19N3O2S2. The third-order valence-electron chi connectivity index (χ3n) is 2.64. The summed E-state index contributed by atoms with van der Waals surface area (Å²) < 4.78 is 28.2. The second-order valence-corrected chi connectivity index (χ2v) is 7.32. The van der Waals surface area contributed by atoms with Crippen molar-refractivity contribution in [1.29, 1.82) is 0 Å². The van der Waals surface area contributed by atoms with Gasteiger partial charge in [0.15, 0.2) is 0 Å². The molecule has 0 aliphatic heterocycles. The first-order valence-corrected chi connectivity index (χ1v) is 9.09. The monoisotopic (exact) mass is 325 g/mol. The van der Waals surface area contributed by atoms with E-state index in [0.29, 0.717) is 13.0 Å². The molecule has 1 heterocycles. The van der Waals surface area contributed by atoms with Crippen molar-refractivity contribution in [3.05, 3.63) is 41.4 Å². The van der Waals surface area contributed by atoms with Gasteiger partial charge in [0.1, 0.15) is 5.01 Å². The number of rotatable bonds is 7. The van der Waals surface area contributed by atoms with Crippen molar-refractivity contribution in [2.45, 2.75) is 26.3 Å². The van der Waals surface area contributed by atoms with Crippen molar-refractivity contribution in [2.75, 3.05) is 6.54 Å². The molecule has 1 aromatic carbocycles. The molecule has 0 amide bonds. The lowest BCUT2D eigenvalue weighted by atomic mass is 10.2. The fourth-order valence-electron chi connectivity index (χ4n) is 1.80. The van der Waals surface area contributed by atoms with Gasteiger partial charge in [-0.25, -0.2) is 9.71 Å². The van der Waals surface area contributed by atoms with Crippen LogP contribution < -0.4 is 9.44 Å². The van der Waals surface area contributed by atoms with Crippen LogP contribution in [0.25, 0.3) is 10.6 Å². The summed E-state index contributed by atoms with van der Waals surface area (Å²) in [6.07, 6.45) is 0.572. The highest BCUT2D eigenvalue weighted by molar-refractivity contribution is 7.87. The van der Waals surface area contributed by atoms with Crippen molar-refractivity contribution in [3.63, 3.8) is 0 Å². The zero-order valence-corrected chi connectivity index (χ0v) is 13.7. The maximum Gasteiger partial charge on any atom is 0.277 e. The zero-order chi connectivity index (χ0) is 15.3. The Morgan fingerprint density at radius 1 is 1.24 bits per heavy atom. The van der Waals surface area contributed by atoms with E-state index in [-0.39, 0.29) is 6.04 Å². The third-order valence-corrected chi connectivity index (χ3v) is 4.94. The smallest absolute Gasteiger partial charge is 0.241 e. The summed E-state index contributed by atoms with van der Waals surface area (Å²) in [6, 6.07) is 9.82. The second kappa shape index (κ2) is 7.13. The van der Waals surface area contributed by atoms with E-state index in [0.717, 1.165) is 16.3 Å². The molecule has 0 spiro atoms. The maximum absolute atomic E-state index is 11.6. The minimum atomic E-state index is -3.42. The van der Waals surface area contributed by atoms with Crippen LogP contribution in [-0.2, 0) is 16.6 Å². The number of nitrogens with one attached hydrogen (secondary N) is 2. The molecule has 114 valence electrons. The molecule has 7 heteroatoms. The summed E-state index contributed by atoms with van der Waals surface area (Å²) >= 11 is 1.57. The third kappa shape index (κ3) is 5.20. The largest absolute Gasteiger partial charge is 0.277 e. The Labute approximate surface area is 129 Å². The zero-order valence-electron chi connectivity index (χ0n) is 12.0. The van der Waals surface area contributed by atoms with Crippen molar-refractivity contribution >= 4 is 21.5 Å². The van der Waals surface area contributed by atoms with E-state index in [9.17, 15) is 8.42 Å². The van der Waals surface area contributed by atoms with Gasteiger partial charge in [-0.3, -0.25) is 0 Å². The topological polar surface area (TPSA) is 71.1 Å². The fourth-order valence-corrected chi connectivity index (χ4v) is 3.74. The van der Waals surface area contributed by atoms with Gasteiger partial charge in [-0.2, -0.15) is 13.1 Å². The van der Waals surface area contributed by atoms with Crippen LogP contribution in [0.4, 0.5) is 0 Å². The van der Waals surface area contributed by atoms with Gasteiger partial charge >= 0.3 is 0 Å². The van der Waals surface area contributed by atoms with E-state index in [1.165, 1.54) is 0 Å². The normalized spacial score (nSPS) is 12.0. The summed E-state index contributed by atoms with van der Waals surface area (Å²) in [6.45, 7) is 3.90. The van der Waals surface area contributed by atoms with Crippen LogP contribution in [0, 0.1) is 0 Å². The minimum absolute atomic E-state index is 0.119. The molecule has 0 saturated heterocycles. The highest BCUT2D eigenvalue weighted by Crippen LogP contribution is 2.23. The SMILES string of the molecule is CC(C)NS(=O)(=O)NCCc1csc(-c2ccccc2)n1. The van der Waals surface area contributed by atoms with Crippen LogP contribution in [0.15, 0.2) is 35.7 Å². The first-order chi connectivity index (χ1) is 9.96. The van der Waals surface area contributed by atoms with E-state index in [1.54, 1.807) is 25.2 Å². The van der Waals surface area contributed by atoms with Gasteiger partial charge < -0.3 is 0 Å². The van der Waals surface area contributed by atoms with Crippen LogP contribution in [0.2, 0.25) is 0 Å². The number of nitrogens with zero attached hydrogens (tertiary/aromatic N) is 1. The first kappa shape index (κ1) is 16.1. The summed E-state index contributed by atoms with van der Waals surface area (Å²) in [5, 5.41) is 2.92. The average molecular weight is 325 g/mol. The molecule has 0 aliphatic rings. The van der Waals surface area contributed by atoms with Crippen molar-refractivity contribution in [1.82, 2.24) is 14.4 Å². The van der Waals surface area contributed by atoms with Gasteiger partial charge in [-0.15, -0.1) is 11.3 Å².